The number of aliphatic hydroxyl groups excluding tert-OH is 3. The zero-order valence-electron chi connectivity index (χ0n) is 11.9. The lowest BCUT2D eigenvalue weighted by atomic mass is 9.81. The summed E-state index contributed by atoms with van der Waals surface area (Å²) < 4.78 is 4.35. The van der Waals surface area contributed by atoms with E-state index in [0.717, 1.165) is 6.92 Å². The van der Waals surface area contributed by atoms with Crippen LogP contribution in [0.5, 0.6) is 0 Å². The molecule has 0 radical (unpaired) electrons. The summed E-state index contributed by atoms with van der Waals surface area (Å²) in [7, 11) is 0. The van der Waals surface area contributed by atoms with Gasteiger partial charge in [0, 0.05) is 25.2 Å². The van der Waals surface area contributed by atoms with E-state index in [9.17, 15) is 29.7 Å². The molecular formula is C13H22O8. The first kappa shape index (κ1) is 19.5. The van der Waals surface area contributed by atoms with Gasteiger partial charge in [-0.05, 0) is 18.8 Å². The predicted octanol–water partition coefficient (Wildman–Crippen LogP) is -0.699. The average Bonchev–Trinajstić information content (AvgIpc) is 2.39. The van der Waals surface area contributed by atoms with Crippen LogP contribution in [0, 0.1) is 11.3 Å². The summed E-state index contributed by atoms with van der Waals surface area (Å²) >= 11 is 0. The second kappa shape index (κ2) is 9.43. The number of aliphatic hydroxyl groups is 3. The Balaban J connectivity index is 4.65. The molecule has 21 heavy (non-hydrogen) atoms. The Labute approximate surface area is 122 Å². The van der Waals surface area contributed by atoms with E-state index in [1.54, 1.807) is 0 Å². The van der Waals surface area contributed by atoms with E-state index in [2.05, 4.69) is 4.74 Å². The highest BCUT2D eigenvalue weighted by molar-refractivity contribution is 5.84. The number of aliphatic carboxylic acids is 1. The zero-order chi connectivity index (χ0) is 16.5. The van der Waals surface area contributed by atoms with Gasteiger partial charge in [-0.3, -0.25) is 14.4 Å². The molecule has 8 nitrogen and oxygen atoms in total. The maximum atomic E-state index is 11.4. The van der Waals surface area contributed by atoms with Crippen molar-refractivity contribution in [1.82, 2.24) is 0 Å². The van der Waals surface area contributed by atoms with Gasteiger partial charge in [0.2, 0.25) is 0 Å². The molecule has 4 N–H and O–H groups in total. The van der Waals surface area contributed by atoms with Gasteiger partial charge in [0.05, 0.1) is 19.8 Å². The van der Waals surface area contributed by atoms with Crippen LogP contribution in [0.25, 0.3) is 0 Å². The topological polar surface area (TPSA) is 141 Å². The largest absolute Gasteiger partial charge is 0.481 e. The maximum absolute atomic E-state index is 11.4. The first-order valence-electron chi connectivity index (χ1n) is 6.54. The normalized spacial score (nSPS) is 12.8. The summed E-state index contributed by atoms with van der Waals surface area (Å²) in [6.07, 6.45) is -0.252. The Bertz CT molecular complexity index is 353. The standard InChI is InChI=1S/C13H22O8/c1-9(17)21-12(20)5-10(4-11(18)19)2-3-13(6-14,7-15)8-16/h10,14-16H,2-8H2,1H3,(H,18,19). The molecule has 0 rings (SSSR count). The fourth-order valence-corrected chi connectivity index (χ4v) is 1.86. The molecule has 0 fully saturated rings. The van der Waals surface area contributed by atoms with Crippen molar-refractivity contribution in [3.05, 3.63) is 0 Å². The Morgan fingerprint density at radius 3 is 1.95 bits per heavy atom. The number of hydrogen-bond acceptors (Lipinski definition) is 7. The monoisotopic (exact) mass is 306 g/mol. The highest BCUT2D eigenvalue weighted by atomic mass is 16.6. The van der Waals surface area contributed by atoms with E-state index in [-0.39, 0.29) is 25.7 Å². The third kappa shape index (κ3) is 7.74. The molecule has 0 aromatic rings. The van der Waals surface area contributed by atoms with E-state index >= 15 is 0 Å². The van der Waals surface area contributed by atoms with Gasteiger partial charge in [-0.1, -0.05) is 0 Å². The summed E-state index contributed by atoms with van der Waals surface area (Å²) in [5, 5.41) is 36.4. The van der Waals surface area contributed by atoms with E-state index in [1.165, 1.54) is 0 Å². The van der Waals surface area contributed by atoms with Crippen LogP contribution in [0.3, 0.4) is 0 Å². The molecule has 0 aliphatic carbocycles. The minimum atomic E-state index is -1.12. The van der Waals surface area contributed by atoms with Crippen LogP contribution in [0.2, 0.25) is 0 Å². The van der Waals surface area contributed by atoms with Crippen LogP contribution in [0.15, 0.2) is 0 Å². The summed E-state index contributed by atoms with van der Waals surface area (Å²) in [4.78, 5) is 32.8. The van der Waals surface area contributed by atoms with Crippen LogP contribution in [-0.2, 0) is 19.1 Å². The molecule has 0 aromatic carbocycles. The number of carboxylic acids is 1. The van der Waals surface area contributed by atoms with Crippen LogP contribution in [-0.4, -0.2) is 58.2 Å². The summed E-state index contributed by atoms with van der Waals surface area (Å²) in [6.45, 7) is -0.314. The molecule has 1 unspecified atom stereocenters. The molecule has 0 heterocycles. The van der Waals surface area contributed by atoms with Gasteiger partial charge in [-0.15, -0.1) is 0 Å². The van der Waals surface area contributed by atoms with Crippen molar-refractivity contribution in [2.24, 2.45) is 11.3 Å². The van der Waals surface area contributed by atoms with Crippen molar-refractivity contribution in [2.75, 3.05) is 19.8 Å². The zero-order valence-corrected chi connectivity index (χ0v) is 11.9. The highest BCUT2D eigenvalue weighted by Gasteiger charge is 2.30. The van der Waals surface area contributed by atoms with Gasteiger partial charge >= 0.3 is 17.9 Å². The summed E-state index contributed by atoms with van der Waals surface area (Å²) in [5.74, 6) is -3.32. The van der Waals surface area contributed by atoms with Crippen molar-refractivity contribution in [3.8, 4) is 0 Å². The van der Waals surface area contributed by atoms with Crippen molar-refractivity contribution >= 4 is 17.9 Å². The minimum Gasteiger partial charge on any atom is -0.481 e. The molecule has 0 amide bonds. The van der Waals surface area contributed by atoms with E-state index < -0.39 is 49.1 Å². The van der Waals surface area contributed by atoms with Crippen molar-refractivity contribution in [2.45, 2.75) is 32.6 Å². The first-order chi connectivity index (χ1) is 9.78. The molecule has 0 aliphatic rings. The SMILES string of the molecule is CC(=O)OC(=O)CC(CCC(CO)(CO)CO)CC(=O)O. The molecule has 0 aliphatic heterocycles. The Morgan fingerprint density at radius 1 is 1.05 bits per heavy atom. The molecule has 1 atom stereocenters. The van der Waals surface area contributed by atoms with Crippen LogP contribution in [0.4, 0.5) is 0 Å². The minimum absolute atomic E-state index is 0.141. The third-order valence-corrected chi connectivity index (χ3v) is 3.27. The molecule has 8 heteroatoms. The molecule has 0 aromatic heterocycles. The second-order valence-corrected chi connectivity index (χ2v) is 5.15. The van der Waals surface area contributed by atoms with Crippen LogP contribution in [0.1, 0.15) is 32.6 Å². The quantitative estimate of drug-likeness (QED) is 0.307. The summed E-state index contributed by atoms with van der Waals surface area (Å²) in [6, 6.07) is 0. The maximum Gasteiger partial charge on any atom is 0.313 e. The Hall–Kier alpha value is -1.51. The van der Waals surface area contributed by atoms with E-state index in [0.29, 0.717) is 0 Å². The van der Waals surface area contributed by atoms with Crippen molar-refractivity contribution < 1.29 is 39.5 Å². The highest BCUT2D eigenvalue weighted by Crippen LogP contribution is 2.27. The van der Waals surface area contributed by atoms with Gasteiger partial charge in [0.25, 0.3) is 0 Å². The summed E-state index contributed by atoms with van der Waals surface area (Å²) in [5.41, 5.74) is -1.12. The smallest absolute Gasteiger partial charge is 0.313 e. The lowest BCUT2D eigenvalue weighted by molar-refractivity contribution is -0.158. The van der Waals surface area contributed by atoms with Crippen molar-refractivity contribution in [3.63, 3.8) is 0 Å². The van der Waals surface area contributed by atoms with Gasteiger partial charge in [-0.25, -0.2) is 0 Å². The third-order valence-electron chi connectivity index (χ3n) is 3.27. The lowest BCUT2D eigenvalue weighted by Crippen LogP contribution is -2.34. The first-order valence-corrected chi connectivity index (χ1v) is 6.54. The molecule has 122 valence electrons. The molecule has 0 saturated carbocycles. The number of ether oxygens (including phenoxy) is 1. The Morgan fingerprint density at radius 2 is 1.57 bits per heavy atom. The fourth-order valence-electron chi connectivity index (χ4n) is 1.86. The molecular weight excluding hydrogens is 284 g/mol. The number of esters is 2. The Kier molecular flexibility index (Phi) is 8.75. The van der Waals surface area contributed by atoms with Gasteiger partial charge in [0.1, 0.15) is 0 Å². The van der Waals surface area contributed by atoms with Gasteiger partial charge < -0.3 is 25.2 Å². The number of carbonyl (C=O) groups is 3. The second-order valence-electron chi connectivity index (χ2n) is 5.15. The number of carbonyl (C=O) groups excluding carboxylic acids is 2. The van der Waals surface area contributed by atoms with Crippen LogP contribution >= 0.6 is 0 Å². The number of rotatable bonds is 10. The lowest BCUT2D eigenvalue weighted by Gasteiger charge is -2.28. The fraction of sp³-hybridized carbons (Fsp3) is 0.769. The van der Waals surface area contributed by atoms with Gasteiger partial charge in [0.15, 0.2) is 0 Å². The predicted molar refractivity (Wildman–Crippen MR) is 70.1 cm³/mol. The average molecular weight is 306 g/mol. The van der Waals surface area contributed by atoms with Crippen molar-refractivity contribution in [1.29, 1.82) is 0 Å². The van der Waals surface area contributed by atoms with Gasteiger partial charge in [-0.2, -0.15) is 0 Å². The molecule has 0 spiro atoms. The number of carboxylic acid groups (broad SMARTS) is 1. The van der Waals surface area contributed by atoms with E-state index in [1.807, 2.05) is 0 Å². The number of hydrogen-bond donors (Lipinski definition) is 4. The van der Waals surface area contributed by atoms with Crippen LogP contribution < -0.4 is 0 Å². The molecule has 0 bridgehead atoms. The molecule has 0 saturated heterocycles. The van der Waals surface area contributed by atoms with E-state index in [4.69, 9.17) is 5.11 Å².